The predicted molar refractivity (Wildman–Crippen MR) is 195 cm³/mol. The van der Waals surface area contributed by atoms with Gasteiger partial charge in [-0.1, -0.05) is 165 Å². The van der Waals surface area contributed by atoms with Gasteiger partial charge >= 0.3 is 0 Å². The molecular formula is C43H28Br2. The van der Waals surface area contributed by atoms with Gasteiger partial charge in [0.05, 0.1) is 5.41 Å². The predicted octanol–water partition coefficient (Wildman–Crippen LogP) is 12.6. The Balaban J connectivity index is 1.48. The summed E-state index contributed by atoms with van der Waals surface area (Å²) in [7, 11) is 0. The Bertz CT molecular complexity index is 2140. The van der Waals surface area contributed by atoms with Crippen molar-refractivity contribution in [3.8, 4) is 44.5 Å². The van der Waals surface area contributed by atoms with Crippen LogP contribution in [0.1, 0.15) is 22.3 Å². The second-order valence-electron chi connectivity index (χ2n) is 11.6. The highest BCUT2D eigenvalue weighted by molar-refractivity contribution is 9.10. The van der Waals surface area contributed by atoms with E-state index in [4.69, 9.17) is 0 Å². The lowest BCUT2D eigenvalue weighted by Crippen LogP contribution is -2.28. The number of fused-ring (bicyclic) bond motifs is 3. The first-order valence-electron chi connectivity index (χ1n) is 15.1. The lowest BCUT2D eigenvalue weighted by Gasteiger charge is -2.34. The molecule has 0 aliphatic heterocycles. The number of rotatable bonds is 5. The fraction of sp³-hybridized carbons (Fsp3) is 0.0233. The molecule has 0 radical (unpaired) electrons. The van der Waals surface area contributed by atoms with E-state index in [-0.39, 0.29) is 0 Å². The van der Waals surface area contributed by atoms with Crippen molar-refractivity contribution in [2.75, 3.05) is 0 Å². The summed E-state index contributed by atoms with van der Waals surface area (Å²) in [5.74, 6) is 0. The lowest BCUT2D eigenvalue weighted by molar-refractivity contribution is 0.767. The van der Waals surface area contributed by atoms with Crippen LogP contribution in [-0.4, -0.2) is 0 Å². The van der Waals surface area contributed by atoms with Crippen molar-refractivity contribution in [2.24, 2.45) is 0 Å². The minimum Gasteiger partial charge on any atom is -0.0622 e. The SMILES string of the molecule is Brc1cccc(C2(c3cccc(Br)c3)c3cc(-c4ccccc4)ccc3-c3c(-c4cccc(-c5ccccc5)c4)cccc32)c1. The van der Waals surface area contributed by atoms with E-state index in [1.54, 1.807) is 0 Å². The highest BCUT2D eigenvalue weighted by atomic mass is 79.9. The Morgan fingerprint density at radius 1 is 0.333 bits per heavy atom. The van der Waals surface area contributed by atoms with Crippen molar-refractivity contribution in [1.29, 1.82) is 0 Å². The van der Waals surface area contributed by atoms with Gasteiger partial charge in [0.1, 0.15) is 0 Å². The van der Waals surface area contributed by atoms with Gasteiger partial charge in [0.2, 0.25) is 0 Å². The van der Waals surface area contributed by atoms with Crippen molar-refractivity contribution in [1.82, 2.24) is 0 Å². The molecule has 7 aromatic rings. The maximum Gasteiger partial charge on any atom is 0.0714 e. The molecule has 0 nitrogen and oxygen atoms in total. The maximum atomic E-state index is 3.82. The first-order valence-corrected chi connectivity index (χ1v) is 16.7. The topological polar surface area (TPSA) is 0 Å². The van der Waals surface area contributed by atoms with Crippen molar-refractivity contribution < 1.29 is 0 Å². The van der Waals surface area contributed by atoms with Crippen LogP contribution in [0.2, 0.25) is 0 Å². The summed E-state index contributed by atoms with van der Waals surface area (Å²) in [6.45, 7) is 0. The third-order valence-corrected chi connectivity index (χ3v) is 10.1. The van der Waals surface area contributed by atoms with E-state index in [1.807, 2.05) is 0 Å². The summed E-state index contributed by atoms with van der Waals surface area (Å²) in [5, 5.41) is 0. The number of benzene rings is 7. The summed E-state index contributed by atoms with van der Waals surface area (Å²) in [6.07, 6.45) is 0. The summed E-state index contributed by atoms with van der Waals surface area (Å²) in [6, 6.07) is 61.9. The molecule has 0 unspecified atom stereocenters. The molecule has 45 heavy (non-hydrogen) atoms. The molecule has 0 N–H and O–H groups in total. The van der Waals surface area contributed by atoms with Crippen molar-refractivity contribution in [2.45, 2.75) is 5.41 Å². The second kappa shape index (κ2) is 11.5. The van der Waals surface area contributed by atoms with Gasteiger partial charge in [-0.25, -0.2) is 0 Å². The zero-order valence-corrected chi connectivity index (χ0v) is 27.6. The van der Waals surface area contributed by atoms with E-state index < -0.39 is 5.41 Å². The first-order chi connectivity index (χ1) is 22.1. The van der Waals surface area contributed by atoms with Gasteiger partial charge in [-0.05, 0) is 103 Å². The average molecular weight is 705 g/mol. The van der Waals surface area contributed by atoms with Gasteiger partial charge in [0.25, 0.3) is 0 Å². The van der Waals surface area contributed by atoms with Crippen LogP contribution in [0, 0.1) is 0 Å². The van der Waals surface area contributed by atoms with Crippen LogP contribution < -0.4 is 0 Å². The number of halogens is 2. The van der Waals surface area contributed by atoms with Crippen LogP contribution in [0.3, 0.4) is 0 Å². The Hall–Kier alpha value is -4.50. The van der Waals surface area contributed by atoms with Crippen molar-refractivity contribution in [3.05, 3.63) is 201 Å². The van der Waals surface area contributed by atoms with Crippen molar-refractivity contribution >= 4 is 31.9 Å². The highest BCUT2D eigenvalue weighted by Crippen LogP contribution is 2.59. The fourth-order valence-electron chi connectivity index (χ4n) is 7.15. The van der Waals surface area contributed by atoms with Crippen LogP contribution >= 0.6 is 31.9 Å². The molecule has 1 aliphatic carbocycles. The van der Waals surface area contributed by atoms with Crippen LogP contribution in [-0.2, 0) is 5.41 Å². The second-order valence-corrected chi connectivity index (χ2v) is 13.4. The van der Waals surface area contributed by atoms with E-state index in [1.165, 1.54) is 66.8 Å². The quantitative estimate of drug-likeness (QED) is 0.167. The zero-order valence-electron chi connectivity index (χ0n) is 24.4. The Labute approximate surface area is 281 Å². The molecule has 0 aromatic heterocycles. The minimum absolute atomic E-state index is 0.532. The average Bonchev–Trinajstić information content (AvgIpc) is 3.40. The molecule has 0 bridgehead atoms. The molecule has 0 atom stereocenters. The molecule has 214 valence electrons. The van der Waals surface area contributed by atoms with Gasteiger partial charge in [-0.15, -0.1) is 0 Å². The molecule has 7 aromatic carbocycles. The Kier molecular flexibility index (Phi) is 7.13. The number of hydrogen-bond donors (Lipinski definition) is 0. The van der Waals surface area contributed by atoms with Crippen molar-refractivity contribution in [3.63, 3.8) is 0 Å². The molecule has 0 saturated carbocycles. The zero-order chi connectivity index (χ0) is 30.4. The van der Waals surface area contributed by atoms with Crippen LogP contribution in [0.4, 0.5) is 0 Å². The Morgan fingerprint density at radius 3 is 1.49 bits per heavy atom. The highest BCUT2D eigenvalue weighted by Gasteiger charge is 2.47. The standard InChI is InChI=1S/C43H28Br2/c44-36-19-8-17-34(27-36)43(35-18-9-20-37(45)28-35)40-22-10-21-38(33-16-7-15-31(25-33)29-11-3-1-4-12-29)42(40)39-24-23-32(26-41(39)43)30-13-5-2-6-14-30/h1-28H. The molecule has 0 fully saturated rings. The van der Waals surface area contributed by atoms with E-state index in [9.17, 15) is 0 Å². The molecular weight excluding hydrogens is 676 g/mol. The molecule has 0 saturated heterocycles. The van der Waals surface area contributed by atoms with E-state index >= 15 is 0 Å². The molecule has 0 heterocycles. The molecule has 0 amide bonds. The van der Waals surface area contributed by atoms with Gasteiger partial charge in [-0.2, -0.15) is 0 Å². The van der Waals surface area contributed by atoms with Gasteiger partial charge in [0.15, 0.2) is 0 Å². The van der Waals surface area contributed by atoms with Gasteiger partial charge in [0, 0.05) is 8.95 Å². The van der Waals surface area contributed by atoms with Gasteiger partial charge in [-0.3, -0.25) is 0 Å². The van der Waals surface area contributed by atoms with Crippen LogP contribution in [0.5, 0.6) is 0 Å². The molecule has 8 rings (SSSR count). The van der Waals surface area contributed by atoms with Crippen LogP contribution in [0.15, 0.2) is 179 Å². The van der Waals surface area contributed by atoms with E-state index in [0.29, 0.717) is 0 Å². The number of hydrogen-bond acceptors (Lipinski definition) is 0. The summed E-state index contributed by atoms with van der Waals surface area (Å²) in [4.78, 5) is 0. The minimum atomic E-state index is -0.532. The summed E-state index contributed by atoms with van der Waals surface area (Å²) in [5.41, 5.74) is 14.4. The largest absolute Gasteiger partial charge is 0.0714 e. The van der Waals surface area contributed by atoms with Gasteiger partial charge < -0.3 is 0 Å². The fourth-order valence-corrected chi connectivity index (χ4v) is 7.95. The molecule has 0 spiro atoms. The molecule has 1 aliphatic rings. The Morgan fingerprint density at radius 2 is 0.867 bits per heavy atom. The monoisotopic (exact) mass is 702 g/mol. The van der Waals surface area contributed by atoms with Crippen LogP contribution in [0.25, 0.3) is 44.5 Å². The normalized spacial score (nSPS) is 12.8. The maximum absolute atomic E-state index is 3.82. The lowest BCUT2D eigenvalue weighted by atomic mass is 9.67. The smallest absolute Gasteiger partial charge is 0.0622 e. The molecule has 2 heteroatoms. The van der Waals surface area contributed by atoms with E-state index in [0.717, 1.165) is 8.95 Å². The first kappa shape index (κ1) is 28.0. The summed E-state index contributed by atoms with van der Waals surface area (Å²) < 4.78 is 2.13. The summed E-state index contributed by atoms with van der Waals surface area (Å²) >= 11 is 7.65. The third-order valence-electron chi connectivity index (χ3n) is 9.06. The van der Waals surface area contributed by atoms with E-state index in [2.05, 4.69) is 202 Å². The third kappa shape index (κ3) is 4.72.